The minimum Gasteiger partial charge on any atom is -0.497 e. The fourth-order valence-electron chi connectivity index (χ4n) is 6.27. The Morgan fingerprint density at radius 2 is 1.93 bits per heavy atom. The van der Waals surface area contributed by atoms with Crippen molar-refractivity contribution in [3.8, 4) is 11.6 Å². The third-order valence-corrected chi connectivity index (χ3v) is 9.12. The Morgan fingerprint density at radius 3 is 2.59 bits per heavy atom. The SMILES string of the molecule is CC[C@@H]1[C@@H]2CN(C(=O)[C@H](C(C)(C)C)CC(=O)O[C@]3(C)C[C@H]3OCCCC(F)(F)c3nc4ccc(OC)cc4nc3O2)[C@@H]1C=O. The Bertz CT molecular complexity index is 1430. The quantitative estimate of drug-likeness (QED) is 0.352. The molecule has 1 aromatic carbocycles. The van der Waals surface area contributed by atoms with Crippen LogP contribution < -0.4 is 9.47 Å². The van der Waals surface area contributed by atoms with Crippen molar-refractivity contribution < 1.29 is 42.1 Å². The normalized spacial score (nSPS) is 31.2. The van der Waals surface area contributed by atoms with E-state index in [9.17, 15) is 14.4 Å². The first kappa shape index (κ1) is 32.0. The molecule has 3 aliphatic rings. The Hall–Kier alpha value is -3.41. The van der Waals surface area contributed by atoms with Gasteiger partial charge in [-0.1, -0.05) is 27.7 Å². The molecule has 1 amide bonds. The number of carbonyl (C=O) groups excluding carboxylic acids is 3. The average molecular weight is 618 g/mol. The van der Waals surface area contributed by atoms with Gasteiger partial charge in [-0.05, 0) is 37.3 Å². The number of aromatic nitrogens is 2. The predicted molar refractivity (Wildman–Crippen MR) is 155 cm³/mol. The number of methoxy groups -OCH3 is 1. The zero-order valence-electron chi connectivity index (χ0n) is 26.1. The molecule has 5 rings (SSSR count). The Morgan fingerprint density at radius 1 is 1.18 bits per heavy atom. The smallest absolute Gasteiger partial charge is 0.307 e. The molecule has 2 aromatic rings. The highest BCUT2D eigenvalue weighted by Gasteiger charge is 2.56. The summed E-state index contributed by atoms with van der Waals surface area (Å²) < 4.78 is 54.9. The molecule has 240 valence electrons. The zero-order chi connectivity index (χ0) is 32.0. The summed E-state index contributed by atoms with van der Waals surface area (Å²) in [5.74, 6) is -5.57. The van der Waals surface area contributed by atoms with Gasteiger partial charge in [0, 0.05) is 31.4 Å². The molecule has 1 saturated carbocycles. The monoisotopic (exact) mass is 617 g/mol. The van der Waals surface area contributed by atoms with E-state index in [0.29, 0.717) is 30.4 Å². The molecule has 2 aliphatic heterocycles. The minimum atomic E-state index is -3.43. The highest BCUT2D eigenvalue weighted by Crippen LogP contribution is 2.45. The van der Waals surface area contributed by atoms with Gasteiger partial charge in [-0.3, -0.25) is 9.59 Å². The van der Waals surface area contributed by atoms with Crippen molar-refractivity contribution in [3.63, 3.8) is 0 Å². The molecule has 0 unspecified atom stereocenters. The number of halogens is 2. The number of ether oxygens (including phenoxy) is 4. The fourth-order valence-corrected chi connectivity index (χ4v) is 6.27. The number of alkyl halides is 2. The van der Waals surface area contributed by atoms with E-state index in [2.05, 4.69) is 9.97 Å². The molecular formula is C32H41F2N3O7. The van der Waals surface area contributed by atoms with Crippen molar-refractivity contribution in [2.45, 2.75) is 96.5 Å². The van der Waals surface area contributed by atoms with Gasteiger partial charge < -0.3 is 28.6 Å². The summed E-state index contributed by atoms with van der Waals surface area (Å²) in [6.45, 7) is 9.12. The number of nitrogens with zero attached hydrogens (tertiary/aromatic N) is 3. The number of amides is 1. The molecule has 0 N–H and O–H groups in total. The number of fused-ring (bicyclic) bond motifs is 5. The van der Waals surface area contributed by atoms with Crippen molar-refractivity contribution in [2.75, 3.05) is 20.3 Å². The van der Waals surface area contributed by atoms with Gasteiger partial charge in [0.15, 0.2) is 5.69 Å². The van der Waals surface area contributed by atoms with E-state index in [-0.39, 0.29) is 37.4 Å². The first-order valence-corrected chi connectivity index (χ1v) is 15.2. The number of hydrogen-bond donors (Lipinski definition) is 0. The van der Waals surface area contributed by atoms with Crippen LogP contribution in [0.1, 0.15) is 72.4 Å². The molecule has 1 saturated heterocycles. The Kier molecular flexibility index (Phi) is 8.60. The maximum Gasteiger partial charge on any atom is 0.307 e. The topological polar surface area (TPSA) is 117 Å². The molecule has 0 spiro atoms. The maximum absolute atomic E-state index is 15.9. The summed E-state index contributed by atoms with van der Waals surface area (Å²) in [6.07, 6.45) is -0.456. The summed E-state index contributed by atoms with van der Waals surface area (Å²) in [7, 11) is 1.49. The molecule has 3 heterocycles. The molecule has 0 radical (unpaired) electrons. The maximum atomic E-state index is 15.9. The minimum absolute atomic E-state index is 0.0118. The number of hydrogen-bond acceptors (Lipinski definition) is 9. The number of carbonyl (C=O) groups is 3. The molecule has 12 heteroatoms. The molecular weight excluding hydrogens is 576 g/mol. The average Bonchev–Trinajstić information content (AvgIpc) is 3.45. The number of rotatable bonds is 3. The van der Waals surface area contributed by atoms with Crippen LogP contribution in [-0.2, 0) is 29.8 Å². The lowest BCUT2D eigenvalue weighted by atomic mass is 9.77. The number of benzene rings is 1. The summed E-state index contributed by atoms with van der Waals surface area (Å²) >= 11 is 0. The third-order valence-electron chi connectivity index (χ3n) is 9.12. The van der Waals surface area contributed by atoms with E-state index < -0.39 is 71.0 Å². The largest absolute Gasteiger partial charge is 0.497 e. The fraction of sp³-hybridized carbons (Fsp3) is 0.656. The van der Waals surface area contributed by atoms with Crippen molar-refractivity contribution in [1.29, 1.82) is 0 Å². The molecule has 6 atom stereocenters. The van der Waals surface area contributed by atoms with Crippen LogP contribution in [0.4, 0.5) is 8.78 Å². The lowest BCUT2D eigenvalue weighted by Crippen LogP contribution is -2.46. The second-order valence-electron chi connectivity index (χ2n) is 13.4. The first-order chi connectivity index (χ1) is 20.7. The van der Waals surface area contributed by atoms with E-state index in [1.165, 1.54) is 12.0 Å². The van der Waals surface area contributed by atoms with Gasteiger partial charge in [0.1, 0.15) is 29.8 Å². The summed E-state index contributed by atoms with van der Waals surface area (Å²) in [5.41, 5.74) is -1.61. The summed E-state index contributed by atoms with van der Waals surface area (Å²) in [6, 6.07) is 3.88. The predicted octanol–water partition coefficient (Wildman–Crippen LogP) is 4.85. The second-order valence-corrected chi connectivity index (χ2v) is 13.4. The van der Waals surface area contributed by atoms with Gasteiger partial charge in [-0.25, -0.2) is 9.97 Å². The van der Waals surface area contributed by atoms with Gasteiger partial charge >= 0.3 is 5.97 Å². The van der Waals surface area contributed by atoms with Gasteiger partial charge in [-0.2, -0.15) is 8.78 Å². The Balaban J connectivity index is 1.58. The zero-order valence-corrected chi connectivity index (χ0v) is 26.1. The third kappa shape index (κ3) is 6.23. The van der Waals surface area contributed by atoms with Gasteiger partial charge in [0.25, 0.3) is 5.92 Å². The Labute approximate surface area is 255 Å². The van der Waals surface area contributed by atoms with E-state index in [4.69, 9.17) is 18.9 Å². The van der Waals surface area contributed by atoms with Crippen LogP contribution in [0.2, 0.25) is 0 Å². The molecule has 1 aromatic heterocycles. The van der Waals surface area contributed by atoms with Gasteiger partial charge in [-0.15, -0.1) is 0 Å². The first-order valence-electron chi connectivity index (χ1n) is 15.2. The number of aldehydes is 1. The van der Waals surface area contributed by atoms with Crippen LogP contribution in [0, 0.1) is 17.3 Å². The van der Waals surface area contributed by atoms with Crippen molar-refractivity contribution in [3.05, 3.63) is 23.9 Å². The highest BCUT2D eigenvalue weighted by molar-refractivity contribution is 5.87. The second kappa shape index (κ2) is 11.8. The molecule has 2 fully saturated rings. The van der Waals surface area contributed by atoms with Crippen LogP contribution in [0.15, 0.2) is 18.2 Å². The van der Waals surface area contributed by atoms with Gasteiger partial charge in [0.05, 0.1) is 43.1 Å². The van der Waals surface area contributed by atoms with Crippen LogP contribution in [-0.4, -0.2) is 77.1 Å². The lowest BCUT2D eigenvalue weighted by molar-refractivity contribution is -0.159. The molecule has 44 heavy (non-hydrogen) atoms. The van der Waals surface area contributed by atoms with E-state index in [1.807, 2.05) is 27.7 Å². The van der Waals surface area contributed by atoms with Crippen LogP contribution >= 0.6 is 0 Å². The van der Waals surface area contributed by atoms with Crippen molar-refractivity contribution >= 4 is 29.2 Å². The van der Waals surface area contributed by atoms with E-state index in [1.54, 1.807) is 25.1 Å². The van der Waals surface area contributed by atoms with Crippen molar-refractivity contribution in [1.82, 2.24) is 14.9 Å². The van der Waals surface area contributed by atoms with E-state index >= 15 is 8.78 Å². The summed E-state index contributed by atoms with van der Waals surface area (Å²) in [5, 5.41) is 0. The van der Waals surface area contributed by atoms with Crippen LogP contribution in [0.25, 0.3) is 11.0 Å². The van der Waals surface area contributed by atoms with E-state index in [0.717, 1.165) is 0 Å². The van der Waals surface area contributed by atoms with Crippen molar-refractivity contribution in [2.24, 2.45) is 17.3 Å². The highest BCUT2D eigenvalue weighted by atomic mass is 19.3. The standard InChI is InChI=1S/C32H41F2N3O7/c1-7-19-23(17-38)37-16-24(19)43-28-27(35-21-10-9-18(41-6)13-22(21)36-28)32(33,34)11-8-12-42-25-15-31(25,5)44-26(39)14-20(29(37)40)30(2,3)4/h9-10,13,17,19-20,23-25H,7-8,11-12,14-16H2,1-6H3/t19-,20+,23+,24-,25+,31+/m0/s1. The van der Waals surface area contributed by atoms with Crippen LogP contribution in [0.5, 0.6) is 11.6 Å². The molecule has 1 aliphatic carbocycles. The molecule has 2 bridgehead atoms. The van der Waals surface area contributed by atoms with Gasteiger partial charge in [0.2, 0.25) is 11.8 Å². The van der Waals surface area contributed by atoms with Crippen LogP contribution in [0.3, 0.4) is 0 Å². The lowest BCUT2D eigenvalue weighted by Gasteiger charge is -2.34. The number of esters is 1. The molecule has 10 nitrogen and oxygen atoms in total. The summed E-state index contributed by atoms with van der Waals surface area (Å²) in [4.78, 5) is 49.9.